The molecule has 1 atom stereocenters. The van der Waals surface area contributed by atoms with Crippen LogP contribution in [0.15, 0.2) is 29.8 Å². The Morgan fingerprint density at radius 3 is 3.22 bits per heavy atom. The number of hydrogen-bond acceptors (Lipinski definition) is 4. The second kappa shape index (κ2) is 5.08. The van der Waals surface area contributed by atoms with Gasteiger partial charge in [-0.05, 0) is 30.6 Å². The summed E-state index contributed by atoms with van der Waals surface area (Å²) in [5.74, 6) is 1.59. The highest BCUT2D eigenvalue weighted by Crippen LogP contribution is 2.40. The van der Waals surface area contributed by atoms with Gasteiger partial charge in [0.25, 0.3) is 0 Å². The van der Waals surface area contributed by atoms with Crippen molar-refractivity contribution >= 4 is 11.5 Å². The molecule has 1 aromatic heterocycles. The molecule has 0 aliphatic carbocycles. The number of aromatic nitrogens is 1. The summed E-state index contributed by atoms with van der Waals surface area (Å²) in [5.41, 5.74) is 3.64. The SMILES string of the molecule is CNC[C@@H]1CCOc2c(-c3cnsc3)cccc21. The molecule has 4 heteroatoms. The van der Waals surface area contributed by atoms with E-state index in [0.717, 1.165) is 30.9 Å². The first-order chi connectivity index (χ1) is 8.90. The third-order valence-electron chi connectivity index (χ3n) is 3.39. The summed E-state index contributed by atoms with van der Waals surface area (Å²) in [4.78, 5) is 0. The number of nitrogens with zero attached hydrogens (tertiary/aromatic N) is 1. The van der Waals surface area contributed by atoms with Crippen LogP contribution in [0.2, 0.25) is 0 Å². The summed E-state index contributed by atoms with van der Waals surface area (Å²) < 4.78 is 10.1. The lowest BCUT2D eigenvalue weighted by Crippen LogP contribution is -2.23. The maximum atomic E-state index is 5.90. The molecule has 2 heterocycles. The summed E-state index contributed by atoms with van der Waals surface area (Å²) in [6.07, 6.45) is 2.99. The van der Waals surface area contributed by atoms with Crippen molar-refractivity contribution < 1.29 is 4.74 Å². The maximum Gasteiger partial charge on any atom is 0.130 e. The molecule has 2 aromatic rings. The Labute approximate surface area is 111 Å². The molecular weight excluding hydrogens is 244 g/mol. The summed E-state index contributed by atoms with van der Waals surface area (Å²) in [7, 11) is 2.00. The summed E-state index contributed by atoms with van der Waals surface area (Å²) in [5, 5.41) is 5.34. The molecule has 0 fully saturated rings. The number of para-hydroxylation sites is 1. The molecule has 1 aromatic carbocycles. The van der Waals surface area contributed by atoms with Gasteiger partial charge in [0, 0.05) is 35.2 Å². The van der Waals surface area contributed by atoms with Gasteiger partial charge in [0.2, 0.25) is 0 Å². The van der Waals surface area contributed by atoms with Crippen molar-refractivity contribution in [1.29, 1.82) is 0 Å². The lowest BCUT2D eigenvalue weighted by Gasteiger charge is -2.27. The van der Waals surface area contributed by atoms with Crippen LogP contribution in [-0.2, 0) is 0 Å². The largest absolute Gasteiger partial charge is 0.493 e. The molecule has 0 radical (unpaired) electrons. The zero-order valence-electron chi connectivity index (χ0n) is 10.3. The Morgan fingerprint density at radius 2 is 2.44 bits per heavy atom. The third-order valence-corrected chi connectivity index (χ3v) is 3.98. The lowest BCUT2D eigenvalue weighted by molar-refractivity contribution is 0.267. The maximum absolute atomic E-state index is 5.90. The van der Waals surface area contributed by atoms with E-state index >= 15 is 0 Å². The summed E-state index contributed by atoms with van der Waals surface area (Å²) in [6, 6.07) is 6.41. The second-order valence-electron chi connectivity index (χ2n) is 4.53. The molecule has 0 amide bonds. The predicted molar refractivity (Wildman–Crippen MR) is 74.3 cm³/mol. The van der Waals surface area contributed by atoms with Gasteiger partial charge in [0.05, 0.1) is 6.61 Å². The zero-order valence-corrected chi connectivity index (χ0v) is 11.2. The second-order valence-corrected chi connectivity index (χ2v) is 5.19. The Hall–Kier alpha value is -1.39. The summed E-state index contributed by atoms with van der Waals surface area (Å²) in [6.45, 7) is 1.80. The van der Waals surface area contributed by atoms with Gasteiger partial charge >= 0.3 is 0 Å². The van der Waals surface area contributed by atoms with E-state index in [-0.39, 0.29) is 0 Å². The fourth-order valence-corrected chi connectivity index (χ4v) is 3.06. The lowest BCUT2D eigenvalue weighted by atomic mass is 9.90. The molecule has 1 aliphatic heterocycles. The van der Waals surface area contributed by atoms with Gasteiger partial charge in [-0.25, -0.2) is 4.37 Å². The van der Waals surface area contributed by atoms with Crippen molar-refractivity contribution in [3.8, 4) is 16.9 Å². The zero-order chi connectivity index (χ0) is 12.4. The Kier molecular flexibility index (Phi) is 3.30. The van der Waals surface area contributed by atoms with Gasteiger partial charge < -0.3 is 10.1 Å². The van der Waals surface area contributed by atoms with Crippen LogP contribution in [0.1, 0.15) is 17.9 Å². The molecule has 0 saturated carbocycles. The van der Waals surface area contributed by atoms with E-state index in [9.17, 15) is 0 Å². The topological polar surface area (TPSA) is 34.1 Å². The van der Waals surface area contributed by atoms with Gasteiger partial charge in [-0.3, -0.25) is 0 Å². The number of nitrogens with one attached hydrogen (secondary N) is 1. The minimum absolute atomic E-state index is 0.547. The first kappa shape index (κ1) is 11.7. The highest BCUT2D eigenvalue weighted by molar-refractivity contribution is 7.03. The van der Waals surface area contributed by atoms with Crippen LogP contribution in [0, 0.1) is 0 Å². The fraction of sp³-hybridized carbons (Fsp3) is 0.357. The van der Waals surface area contributed by atoms with Gasteiger partial charge in [0.1, 0.15) is 5.75 Å². The van der Waals surface area contributed by atoms with Crippen LogP contribution in [0.25, 0.3) is 11.1 Å². The average Bonchev–Trinajstić information content (AvgIpc) is 2.93. The number of rotatable bonds is 3. The molecule has 1 N–H and O–H groups in total. The standard InChI is InChI=1S/C14H16N2OS/c1-15-7-10-5-6-17-14-12(10)3-2-4-13(14)11-8-16-18-9-11/h2-4,8-10,15H,5-7H2,1H3/t10-/m0/s1. The van der Waals surface area contributed by atoms with Crippen molar-refractivity contribution in [2.45, 2.75) is 12.3 Å². The molecule has 1 aliphatic rings. The molecule has 0 bridgehead atoms. The third kappa shape index (κ3) is 2.02. The molecule has 3 nitrogen and oxygen atoms in total. The average molecular weight is 260 g/mol. The Bertz CT molecular complexity index is 525. The van der Waals surface area contributed by atoms with Crippen LogP contribution in [-0.4, -0.2) is 24.6 Å². The van der Waals surface area contributed by atoms with Crippen LogP contribution in [0.3, 0.4) is 0 Å². The van der Waals surface area contributed by atoms with E-state index < -0.39 is 0 Å². The first-order valence-electron chi connectivity index (χ1n) is 6.20. The van der Waals surface area contributed by atoms with Gasteiger partial charge in [-0.1, -0.05) is 18.2 Å². The predicted octanol–water partition coefficient (Wildman–Crippen LogP) is 2.90. The number of fused-ring (bicyclic) bond motifs is 1. The van der Waals surface area contributed by atoms with Crippen LogP contribution >= 0.6 is 11.5 Å². The van der Waals surface area contributed by atoms with Crippen LogP contribution < -0.4 is 10.1 Å². The first-order valence-corrected chi connectivity index (χ1v) is 7.04. The van der Waals surface area contributed by atoms with E-state index in [2.05, 4.69) is 33.3 Å². The van der Waals surface area contributed by atoms with E-state index in [1.807, 2.05) is 13.2 Å². The Balaban J connectivity index is 2.06. The van der Waals surface area contributed by atoms with Crippen molar-refractivity contribution in [3.05, 3.63) is 35.3 Å². The van der Waals surface area contributed by atoms with Crippen molar-refractivity contribution in [1.82, 2.24) is 9.69 Å². The molecule has 0 saturated heterocycles. The smallest absolute Gasteiger partial charge is 0.130 e. The van der Waals surface area contributed by atoms with Gasteiger partial charge in [-0.2, -0.15) is 0 Å². The van der Waals surface area contributed by atoms with E-state index in [1.165, 1.54) is 22.7 Å². The molecule has 94 valence electrons. The number of likely N-dealkylation sites (N-methyl/N-ethyl adjacent to an activating group) is 1. The molecule has 0 spiro atoms. The van der Waals surface area contributed by atoms with Gasteiger partial charge in [0.15, 0.2) is 0 Å². The van der Waals surface area contributed by atoms with E-state index in [0.29, 0.717) is 5.92 Å². The van der Waals surface area contributed by atoms with Crippen molar-refractivity contribution in [3.63, 3.8) is 0 Å². The monoisotopic (exact) mass is 260 g/mol. The van der Waals surface area contributed by atoms with Crippen LogP contribution in [0.4, 0.5) is 0 Å². The van der Waals surface area contributed by atoms with Crippen molar-refractivity contribution in [2.24, 2.45) is 0 Å². The van der Waals surface area contributed by atoms with Crippen molar-refractivity contribution in [2.75, 3.05) is 20.2 Å². The van der Waals surface area contributed by atoms with E-state index in [1.54, 1.807) is 0 Å². The summed E-state index contributed by atoms with van der Waals surface area (Å²) >= 11 is 1.48. The molecule has 0 unspecified atom stereocenters. The Morgan fingerprint density at radius 1 is 1.50 bits per heavy atom. The highest BCUT2D eigenvalue weighted by atomic mass is 32.1. The number of benzene rings is 1. The van der Waals surface area contributed by atoms with E-state index in [4.69, 9.17) is 4.74 Å². The number of hydrogen-bond donors (Lipinski definition) is 1. The number of ether oxygens (including phenoxy) is 1. The minimum Gasteiger partial charge on any atom is -0.493 e. The normalized spacial score (nSPS) is 18.2. The molecular formula is C14H16N2OS. The highest BCUT2D eigenvalue weighted by Gasteiger charge is 2.23. The van der Waals surface area contributed by atoms with Gasteiger partial charge in [-0.15, -0.1) is 0 Å². The fourth-order valence-electron chi connectivity index (χ4n) is 2.52. The quantitative estimate of drug-likeness (QED) is 0.921. The van der Waals surface area contributed by atoms with Crippen LogP contribution in [0.5, 0.6) is 5.75 Å². The minimum atomic E-state index is 0.547. The molecule has 3 rings (SSSR count). The molecule has 18 heavy (non-hydrogen) atoms.